The number of carbonyl (C=O) groups is 1. The van der Waals surface area contributed by atoms with Crippen LogP contribution in [0.25, 0.3) is 0 Å². The topological polar surface area (TPSA) is 32.3 Å². The molecule has 1 rings (SSSR count). The number of nitrogens with one attached hydrogen (secondary N) is 1. The van der Waals surface area contributed by atoms with Gasteiger partial charge in [0, 0.05) is 20.1 Å². The second kappa shape index (κ2) is 7.65. The molecule has 0 saturated heterocycles. The molecule has 1 aliphatic rings. The molecule has 84 valence electrons. The highest BCUT2D eigenvalue weighted by Gasteiger charge is 2.15. The van der Waals surface area contributed by atoms with Crippen LogP contribution in [0.3, 0.4) is 0 Å². The van der Waals surface area contributed by atoms with Crippen LogP contribution in [0.5, 0.6) is 0 Å². The highest BCUT2D eigenvalue weighted by atomic mass is 16.2. The Morgan fingerprint density at radius 3 is 2.07 bits per heavy atom. The van der Waals surface area contributed by atoms with Crippen LogP contribution in [-0.2, 0) is 0 Å². The maximum atomic E-state index is 11.2. The second-order valence-corrected chi connectivity index (χ2v) is 3.68. The van der Waals surface area contributed by atoms with E-state index in [-0.39, 0.29) is 6.03 Å². The zero-order valence-corrected chi connectivity index (χ0v) is 9.97. The highest BCUT2D eigenvalue weighted by Crippen LogP contribution is 2.17. The lowest BCUT2D eigenvalue weighted by atomic mass is 9.96. The van der Waals surface area contributed by atoms with E-state index < -0.39 is 0 Å². The van der Waals surface area contributed by atoms with E-state index in [9.17, 15) is 4.79 Å². The summed E-state index contributed by atoms with van der Waals surface area (Å²) >= 11 is 0. The van der Waals surface area contributed by atoms with E-state index in [1.54, 1.807) is 19.0 Å². The normalized spacial score (nSPS) is 16.6. The average molecular weight is 200 g/mol. The number of hydrogen-bond donors (Lipinski definition) is 1. The minimum atomic E-state index is 0.0434. The fraction of sp³-hybridized carbons (Fsp3) is 0.909. The first kappa shape index (κ1) is 13.3. The monoisotopic (exact) mass is 200 g/mol. The molecule has 1 aliphatic carbocycles. The largest absolute Gasteiger partial charge is 0.335 e. The Bertz CT molecular complexity index is 151. The molecule has 0 spiro atoms. The zero-order chi connectivity index (χ0) is 11.0. The summed E-state index contributed by atoms with van der Waals surface area (Å²) in [6, 6.07) is 0.468. The van der Waals surface area contributed by atoms with Gasteiger partial charge in [0.25, 0.3) is 0 Å². The van der Waals surface area contributed by atoms with E-state index >= 15 is 0 Å². The van der Waals surface area contributed by atoms with Gasteiger partial charge >= 0.3 is 6.03 Å². The van der Waals surface area contributed by atoms with E-state index in [4.69, 9.17) is 0 Å². The van der Waals surface area contributed by atoms with Crippen LogP contribution < -0.4 is 5.32 Å². The summed E-state index contributed by atoms with van der Waals surface area (Å²) in [5, 5.41) is 3.01. The van der Waals surface area contributed by atoms with Gasteiger partial charge in [-0.05, 0) is 12.8 Å². The molecule has 2 amide bonds. The molecule has 1 saturated carbocycles. The third-order valence-electron chi connectivity index (χ3n) is 2.34. The third kappa shape index (κ3) is 5.10. The van der Waals surface area contributed by atoms with Crippen molar-refractivity contribution in [1.82, 2.24) is 10.2 Å². The van der Waals surface area contributed by atoms with Gasteiger partial charge in [0.05, 0.1) is 0 Å². The van der Waals surface area contributed by atoms with Gasteiger partial charge in [-0.1, -0.05) is 33.1 Å². The molecule has 3 nitrogen and oxygen atoms in total. The van der Waals surface area contributed by atoms with Crippen molar-refractivity contribution in [2.75, 3.05) is 14.1 Å². The Morgan fingerprint density at radius 2 is 1.64 bits per heavy atom. The Balaban J connectivity index is 0.000000791. The first-order valence-corrected chi connectivity index (χ1v) is 5.68. The van der Waals surface area contributed by atoms with Crippen molar-refractivity contribution in [2.45, 2.75) is 52.0 Å². The number of hydrogen-bond acceptors (Lipinski definition) is 1. The van der Waals surface area contributed by atoms with Gasteiger partial charge in [-0.3, -0.25) is 0 Å². The predicted octanol–water partition coefficient (Wildman–Crippen LogP) is 2.62. The van der Waals surface area contributed by atoms with E-state index in [1.807, 2.05) is 13.8 Å². The molecule has 0 aromatic heterocycles. The summed E-state index contributed by atoms with van der Waals surface area (Å²) in [6.07, 6.45) is 6.16. The predicted molar refractivity (Wildman–Crippen MR) is 60.4 cm³/mol. The summed E-state index contributed by atoms with van der Waals surface area (Å²) in [6.45, 7) is 4.00. The van der Waals surface area contributed by atoms with Crippen molar-refractivity contribution in [3.63, 3.8) is 0 Å². The molecule has 14 heavy (non-hydrogen) atoms. The van der Waals surface area contributed by atoms with Crippen LogP contribution >= 0.6 is 0 Å². The van der Waals surface area contributed by atoms with Crippen molar-refractivity contribution in [3.05, 3.63) is 0 Å². The summed E-state index contributed by atoms with van der Waals surface area (Å²) in [5.74, 6) is 0. The minimum Gasteiger partial charge on any atom is -0.335 e. The molecule has 0 unspecified atom stereocenters. The lowest BCUT2D eigenvalue weighted by Crippen LogP contribution is -2.42. The van der Waals surface area contributed by atoms with Crippen LogP contribution in [0.4, 0.5) is 4.79 Å². The molecule has 0 radical (unpaired) electrons. The van der Waals surface area contributed by atoms with Gasteiger partial charge in [0.15, 0.2) is 0 Å². The fourth-order valence-electron chi connectivity index (χ4n) is 1.55. The number of carbonyl (C=O) groups excluding carboxylic acids is 1. The number of rotatable bonds is 1. The highest BCUT2D eigenvalue weighted by molar-refractivity contribution is 5.73. The van der Waals surface area contributed by atoms with Crippen molar-refractivity contribution < 1.29 is 4.79 Å². The maximum Gasteiger partial charge on any atom is 0.317 e. The molecule has 0 aliphatic heterocycles. The van der Waals surface area contributed by atoms with Crippen LogP contribution in [-0.4, -0.2) is 31.1 Å². The molecule has 0 atom stereocenters. The van der Waals surface area contributed by atoms with Crippen molar-refractivity contribution in [2.24, 2.45) is 0 Å². The van der Waals surface area contributed by atoms with Gasteiger partial charge in [-0.25, -0.2) is 4.79 Å². The third-order valence-corrected chi connectivity index (χ3v) is 2.34. The van der Waals surface area contributed by atoms with Gasteiger partial charge in [0.1, 0.15) is 0 Å². The Hall–Kier alpha value is -0.730. The molecule has 1 fully saturated rings. The van der Waals surface area contributed by atoms with Crippen molar-refractivity contribution in [1.29, 1.82) is 0 Å². The van der Waals surface area contributed by atoms with E-state index in [2.05, 4.69) is 5.32 Å². The van der Waals surface area contributed by atoms with Gasteiger partial charge in [0.2, 0.25) is 0 Å². The SMILES string of the molecule is CC.CN(C)C(=O)NC1CCCCC1. The molecule has 0 aromatic carbocycles. The Kier molecular flexibility index (Phi) is 7.25. The Labute approximate surface area is 87.9 Å². The lowest BCUT2D eigenvalue weighted by Gasteiger charge is -2.24. The quantitative estimate of drug-likeness (QED) is 0.693. The number of nitrogens with zero attached hydrogens (tertiary/aromatic N) is 1. The molecular weight excluding hydrogens is 176 g/mol. The second-order valence-electron chi connectivity index (χ2n) is 3.68. The van der Waals surface area contributed by atoms with Crippen molar-refractivity contribution in [3.8, 4) is 0 Å². The van der Waals surface area contributed by atoms with E-state index in [1.165, 1.54) is 19.3 Å². The summed E-state index contributed by atoms with van der Waals surface area (Å²) in [4.78, 5) is 12.8. The number of urea groups is 1. The standard InChI is InChI=1S/C9H18N2O.C2H6/c1-11(2)9(12)10-8-6-4-3-5-7-8;1-2/h8H,3-7H2,1-2H3,(H,10,12);1-2H3. The minimum absolute atomic E-state index is 0.0434. The van der Waals surface area contributed by atoms with E-state index in [0.29, 0.717) is 6.04 Å². The average Bonchev–Trinajstić information content (AvgIpc) is 2.22. The Morgan fingerprint density at radius 1 is 1.14 bits per heavy atom. The first-order chi connectivity index (χ1) is 6.70. The molecule has 0 aromatic rings. The molecule has 0 bridgehead atoms. The molecule has 3 heteroatoms. The molecule has 0 heterocycles. The van der Waals surface area contributed by atoms with Crippen LogP contribution in [0.1, 0.15) is 46.0 Å². The van der Waals surface area contributed by atoms with Gasteiger partial charge in [-0.15, -0.1) is 0 Å². The fourth-order valence-corrected chi connectivity index (χ4v) is 1.55. The van der Waals surface area contributed by atoms with Gasteiger partial charge in [-0.2, -0.15) is 0 Å². The maximum absolute atomic E-state index is 11.2. The van der Waals surface area contributed by atoms with Crippen LogP contribution in [0.2, 0.25) is 0 Å². The van der Waals surface area contributed by atoms with Crippen LogP contribution in [0, 0.1) is 0 Å². The summed E-state index contributed by atoms with van der Waals surface area (Å²) in [7, 11) is 3.55. The zero-order valence-electron chi connectivity index (χ0n) is 9.97. The summed E-state index contributed by atoms with van der Waals surface area (Å²) < 4.78 is 0. The van der Waals surface area contributed by atoms with E-state index in [0.717, 1.165) is 12.8 Å². The first-order valence-electron chi connectivity index (χ1n) is 5.68. The molecule has 1 N–H and O–H groups in total. The number of amides is 2. The lowest BCUT2D eigenvalue weighted by molar-refractivity contribution is 0.209. The summed E-state index contributed by atoms with van der Waals surface area (Å²) in [5.41, 5.74) is 0. The van der Waals surface area contributed by atoms with Gasteiger partial charge < -0.3 is 10.2 Å². The van der Waals surface area contributed by atoms with Crippen molar-refractivity contribution >= 4 is 6.03 Å². The smallest absolute Gasteiger partial charge is 0.317 e. The molecular formula is C11H24N2O. The van der Waals surface area contributed by atoms with Crippen LogP contribution in [0.15, 0.2) is 0 Å².